The van der Waals surface area contributed by atoms with Gasteiger partial charge in [0.1, 0.15) is 5.82 Å². The molecule has 2 saturated heterocycles. The van der Waals surface area contributed by atoms with E-state index in [1.165, 1.54) is 57.8 Å². The minimum Gasteiger partial charge on any atom is -0.375 e. The molecule has 0 radical (unpaired) electrons. The summed E-state index contributed by atoms with van der Waals surface area (Å²) in [5.41, 5.74) is 1.12. The van der Waals surface area contributed by atoms with Gasteiger partial charge in [0.05, 0.1) is 12.2 Å². The van der Waals surface area contributed by atoms with Gasteiger partial charge in [-0.05, 0) is 56.2 Å². The molecular formula is C24H38N4O2. The fourth-order valence-corrected chi connectivity index (χ4v) is 5.00. The Morgan fingerprint density at radius 3 is 2.33 bits per heavy atom. The average molecular weight is 415 g/mol. The summed E-state index contributed by atoms with van der Waals surface area (Å²) >= 11 is 0. The first-order chi connectivity index (χ1) is 14.8. The number of hydrogen-bond donors (Lipinski definition) is 1. The van der Waals surface area contributed by atoms with Crippen molar-refractivity contribution in [2.75, 3.05) is 31.1 Å². The number of rotatable bonds is 5. The number of carbonyl (C=O) groups is 1. The summed E-state index contributed by atoms with van der Waals surface area (Å²) < 4.78 is 6.30. The third-order valence-corrected chi connectivity index (χ3v) is 6.85. The highest BCUT2D eigenvalue weighted by molar-refractivity contribution is 5.74. The van der Waals surface area contributed by atoms with Crippen LogP contribution in [0.1, 0.15) is 76.2 Å². The number of nitrogens with one attached hydrogen (secondary N) is 1. The summed E-state index contributed by atoms with van der Waals surface area (Å²) in [6.45, 7) is 4.30. The number of nitrogens with zero attached hydrogens (tertiary/aromatic N) is 3. The molecule has 1 aliphatic carbocycles. The van der Waals surface area contributed by atoms with Crippen molar-refractivity contribution >= 4 is 11.8 Å². The van der Waals surface area contributed by atoms with Crippen molar-refractivity contribution in [3.05, 3.63) is 23.9 Å². The molecule has 6 nitrogen and oxygen atoms in total. The minimum absolute atomic E-state index is 0.0410. The molecule has 6 heteroatoms. The van der Waals surface area contributed by atoms with E-state index in [0.717, 1.165) is 50.4 Å². The van der Waals surface area contributed by atoms with Gasteiger partial charge in [-0.1, -0.05) is 32.1 Å². The number of ether oxygens (including phenoxy) is 1. The summed E-state index contributed by atoms with van der Waals surface area (Å²) in [4.78, 5) is 21.5. The lowest BCUT2D eigenvalue weighted by atomic mass is 9.97. The highest BCUT2D eigenvalue weighted by Gasteiger charge is 2.26. The van der Waals surface area contributed by atoms with Crippen LogP contribution in [0.25, 0.3) is 0 Å². The van der Waals surface area contributed by atoms with Crippen LogP contribution in [0.3, 0.4) is 0 Å². The number of pyridine rings is 1. The highest BCUT2D eigenvalue weighted by atomic mass is 16.5. The molecule has 3 aliphatic rings. The van der Waals surface area contributed by atoms with Crippen LogP contribution >= 0.6 is 0 Å². The van der Waals surface area contributed by atoms with Gasteiger partial charge in [-0.25, -0.2) is 9.78 Å². The molecule has 2 amide bonds. The zero-order chi connectivity index (χ0) is 20.6. The SMILES string of the molecule is O=C(NCc1ccnc(N2CCCCCC2)c1)N1CCC(OC2CCCCC2)CC1. The van der Waals surface area contributed by atoms with Gasteiger partial charge >= 0.3 is 6.03 Å². The van der Waals surface area contributed by atoms with Crippen molar-refractivity contribution in [1.82, 2.24) is 15.2 Å². The molecular weight excluding hydrogens is 376 g/mol. The maximum absolute atomic E-state index is 12.6. The molecule has 1 aromatic rings. The Hall–Kier alpha value is -1.82. The van der Waals surface area contributed by atoms with Gasteiger partial charge in [-0.3, -0.25) is 0 Å². The zero-order valence-electron chi connectivity index (χ0n) is 18.4. The molecule has 30 heavy (non-hydrogen) atoms. The molecule has 2 aliphatic heterocycles. The number of piperidine rings is 1. The highest BCUT2D eigenvalue weighted by Crippen LogP contribution is 2.25. The van der Waals surface area contributed by atoms with Crippen molar-refractivity contribution in [1.29, 1.82) is 0 Å². The molecule has 1 N–H and O–H groups in total. The number of urea groups is 1. The normalized spacial score (nSPS) is 22.0. The summed E-state index contributed by atoms with van der Waals surface area (Å²) in [7, 11) is 0. The molecule has 0 atom stereocenters. The summed E-state index contributed by atoms with van der Waals surface area (Å²) in [6.07, 6.45) is 16.1. The zero-order valence-corrected chi connectivity index (χ0v) is 18.4. The number of amides is 2. The molecule has 1 aromatic heterocycles. The van der Waals surface area contributed by atoms with Crippen LogP contribution in [0, 0.1) is 0 Å². The Kier molecular flexibility index (Phi) is 7.84. The lowest BCUT2D eigenvalue weighted by Crippen LogP contribution is -2.46. The molecule has 0 aromatic carbocycles. The molecule has 1 saturated carbocycles. The summed E-state index contributed by atoms with van der Waals surface area (Å²) in [5, 5.41) is 3.11. The van der Waals surface area contributed by atoms with Crippen LogP contribution in [0.2, 0.25) is 0 Å². The average Bonchev–Trinajstić information content (AvgIpc) is 3.09. The maximum atomic E-state index is 12.6. The predicted octanol–water partition coefficient (Wildman–Crippen LogP) is 4.49. The van der Waals surface area contributed by atoms with E-state index in [1.54, 1.807) is 0 Å². The van der Waals surface area contributed by atoms with E-state index in [4.69, 9.17) is 4.74 Å². The smallest absolute Gasteiger partial charge is 0.317 e. The number of anilines is 1. The first-order valence-electron chi connectivity index (χ1n) is 12.2. The van der Waals surface area contributed by atoms with Crippen molar-refractivity contribution in [3.8, 4) is 0 Å². The van der Waals surface area contributed by atoms with Crippen molar-refractivity contribution < 1.29 is 9.53 Å². The van der Waals surface area contributed by atoms with Crippen LogP contribution in [-0.4, -0.2) is 54.3 Å². The Bertz CT molecular complexity index is 661. The molecule has 0 unspecified atom stereocenters. The third-order valence-electron chi connectivity index (χ3n) is 6.85. The van der Waals surface area contributed by atoms with Gasteiger partial charge in [0.25, 0.3) is 0 Å². The van der Waals surface area contributed by atoms with E-state index in [-0.39, 0.29) is 6.03 Å². The lowest BCUT2D eigenvalue weighted by Gasteiger charge is -2.35. The maximum Gasteiger partial charge on any atom is 0.317 e. The number of aromatic nitrogens is 1. The summed E-state index contributed by atoms with van der Waals surface area (Å²) in [6, 6.07) is 4.18. The van der Waals surface area contributed by atoms with Gasteiger partial charge in [-0.2, -0.15) is 0 Å². The Balaban J connectivity index is 1.21. The Morgan fingerprint density at radius 2 is 1.60 bits per heavy atom. The van der Waals surface area contributed by atoms with Gasteiger partial charge < -0.3 is 19.9 Å². The van der Waals surface area contributed by atoms with Gasteiger partial charge in [0, 0.05) is 38.9 Å². The Morgan fingerprint density at radius 1 is 0.933 bits per heavy atom. The topological polar surface area (TPSA) is 57.7 Å². The molecule has 0 bridgehead atoms. The fraction of sp³-hybridized carbons (Fsp3) is 0.750. The molecule has 4 rings (SSSR count). The molecule has 0 spiro atoms. The number of likely N-dealkylation sites (tertiary alicyclic amines) is 1. The largest absolute Gasteiger partial charge is 0.375 e. The first kappa shape index (κ1) is 21.4. The fourth-order valence-electron chi connectivity index (χ4n) is 5.00. The second kappa shape index (κ2) is 11.0. The quantitative estimate of drug-likeness (QED) is 0.771. The van der Waals surface area contributed by atoms with Crippen LogP contribution in [0.15, 0.2) is 18.3 Å². The van der Waals surface area contributed by atoms with E-state index in [0.29, 0.717) is 18.8 Å². The second-order valence-corrected chi connectivity index (χ2v) is 9.16. The summed E-state index contributed by atoms with van der Waals surface area (Å²) in [5.74, 6) is 1.05. The molecule has 166 valence electrons. The van der Waals surface area contributed by atoms with Crippen LogP contribution < -0.4 is 10.2 Å². The lowest BCUT2D eigenvalue weighted by molar-refractivity contribution is -0.0514. The van der Waals surface area contributed by atoms with Gasteiger partial charge in [0.2, 0.25) is 0 Å². The van der Waals surface area contributed by atoms with Gasteiger partial charge in [0.15, 0.2) is 0 Å². The van der Waals surface area contributed by atoms with Crippen LogP contribution in [0.5, 0.6) is 0 Å². The third kappa shape index (κ3) is 6.10. The molecule has 3 heterocycles. The van der Waals surface area contributed by atoms with E-state index in [1.807, 2.05) is 17.2 Å². The number of carbonyl (C=O) groups excluding carboxylic acids is 1. The van der Waals surface area contributed by atoms with Crippen LogP contribution in [0.4, 0.5) is 10.6 Å². The Labute approximate surface area is 181 Å². The van der Waals surface area contributed by atoms with Gasteiger partial charge in [-0.15, -0.1) is 0 Å². The number of hydrogen-bond acceptors (Lipinski definition) is 4. The minimum atomic E-state index is 0.0410. The van der Waals surface area contributed by atoms with Crippen molar-refractivity contribution in [2.45, 2.75) is 89.4 Å². The van der Waals surface area contributed by atoms with Crippen molar-refractivity contribution in [2.24, 2.45) is 0 Å². The van der Waals surface area contributed by atoms with Crippen molar-refractivity contribution in [3.63, 3.8) is 0 Å². The first-order valence-corrected chi connectivity index (χ1v) is 12.2. The van der Waals surface area contributed by atoms with E-state index in [2.05, 4.69) is 21.3 Å². The van der Waals surface area contributed by atoms with E-state index < -0.39 is 0 Å². The standard InChI is InChI=1S/C24H38N4O2/c29-24(28-16-11-22(12-17-28)30-21-8-4-3-5-9-21)26-19-20-10-13-25-23(18-20)27-14-6-1-2-7-15-27/h10,13,18,21-22H,1-9,11-12,14-17,19H2,(H,26,29). The van der Waals surface area contributed by atoms with E-state index in [9.17, 15) is 4.79 Å². The molecule has 3 fully saturated rings. The van der Waals surface area contributed by atoms with E-state index >= 15 is 0 Å². The van der Waals surface area contributed by atoms with Crippen LogP contribution in [-0.2, 0) is 11.3 Å². The predicted molar refractivity (Wildman–Crippen MR) is 120 cm³/mol. The monoisotopic (exact) mass is 414 g/mol. The second-order valence-electron chi connectivity index (χ2n) is 9.16.